The molecule has 4 aromatic rings. The van der Waals surface area contributed by atoms with E-state index in [2.05, 4.69) is 0 Å². The Labute approximate surface area is 176 Å². The van der Waals surface area contributed by atoms with Crippen LogP contribution in [-0.4, -0.2) is 20.7 Å². The van der Waals surface area contributed by atoms with E-state index in [0.717, 1.165) is 16.0 Å². The monoisotopic (exact) mass is 421 g/mol. The Morgan fingerprint density at radius 1 is 1.10 bits per heavy atom. The molecule has 0 aliphatic heterocycles. The Morgan fingerprint density at radius 3 is 2.34 bits per heavy atom. The summed E-state index contributed by atoms with van der Waals surface area (Å²) in [4.78, 5) is 31.8. The largest absolute Gasteiger partial charge is 0.369 e. The molecule has 1 atom stereocenters. The van der Waals surface area contributed by atoms with E-state index in [9.17, 15) is 9.59 Å². The third kappa shape index (κ3) is 3.59. The van der Waals surface area contributed by atoms with Crippen LogP contribution in [0.3, 0.4) is 0 Å². The molecule has 1 unspecified atom stereocenters. The number of benzene rings is 2. The quantitative estimate of drug-likeness (QED) is 0.383. The number of hydrogen-bond donors (Lipinski definition) is 1. The van der Waals surface area contributed by atoms with Crippen molar-refractivity contribution >= 4 is 39.2 Å². The number of carbonyl (C=O) groups is 1. The molecule has 146 valence electrons. The number of amides is 1. The lowest BCUT2D eigenvalue weighted by molar-refractivity contribution is -0.117. The first-order chi connectivity index (χ1) is 14.0. The summed E-state index contributed by atoms with van der Waals surface area (Å²) in [6, 6.07) is 19.2. The predicted molar refractivity (Wildman–Crippen MR) is 120 cm³/mol. The zero-order valence-electron chi connectivity index (χ0n) is 16.0. The second kappa shape index (κ2) is 7.85. The highest BCUT2D eigenvalue weighted by molar-refractivity contribution is 8.00. The molecule has 5 nitrogen and oxygen atoms in total. The van der Waals surface area contributed by atoms with Gasteiger partial charge in [-0.1, -0.05) is 60.3 Å². The number of fused-ring (bicyclic) bond motifs is 1. The van der Waals surface area contributed by atoms with E-state index in [4.69, 9.17) is 10.7 Å². The van der Waals surface area contributed by atoms with Crippen LogP contribution in [0.25, 0.3) is 27.0 Å². The summed E-state index contributed by atoms with van der Waals surface area (Å²) in [5.74, 6) is -0.448. The molecular weight excluding hydrogens is 402 g/mol. The van der Waals surface area contributed by atoms with Crippen molar-refractivity contribution in [2.45, 2.75) is 24.3 Å². The molecule has 4 rings (SSSR count). The highest BCUT2D eigenvalue weighted by atomic mass is 32.2. The third-order valence-corrected chi connectivity index (χ3v) is 6.70. The van der Waals surface area contributed by atoms with Gasteiger partial charge in [-0.25, -0.2) is 4.98 Å². The average molecular weight is 422 g/mol. The molecule has 1 amide bonds. The maximum atomic E-state index is 13.7. The van der Waals surface area contributed by atoms with Gasteiger partial charge in [-0.15, -0.1) is 11.3 Å². The predicted octanol–water partition coefficient (Wildman–Crippen LogP) is 4.39. The van der Waals surface area contributed by atoms with Crippen LogP contribution in [0.5, 0.6) is 0 Å². The van der Waals surface area contributed by atoms with Gasteiger partial charge < -0.3 is 5.73 Å². The van der Waals surface area contributed by atoms with Crippen LogP contribution in [0.2, 0.25) is 0 Å². The molecule has 7 heteroatoms. The fourth-order valence-electron chi connectivity index (χ4n) is 3.20. The number of rotatable bonds is 5. The Morgan fingerprint density at radius 2 is 1.72 bits per heavy atom. The van der Waals surface area contributed by atoms with E-state index in [1.807, 2.05) is 67.6 Å². The van der Waals surface area contributed by atoms with Crippen molar-refractivity contribution < 1.29 is 4.79 Å². The second-order valence-electron chi connectivity index (χ2n) is 6.61. The summed E-state index contributed by atoms with van der Waals surface area (Å²) < 4.78 is 1.57. The smallest absolute Gasteiger partial charge is 0.268 e. The number of aromatic nitrogens is 2. The molecule has 2 aromatic heterocycles. The molecule has 2 N–H and O–H groups in total. The molecule has 0 spiro atoms. The van der Waals surface area contributed by atoms with E-state index in [-0.39, 0.29) is 5.56 Å². The number of para-hydroxylation sites is 1. The maximum absolute atomic E-state index is 13.7. The first-order valence-electron chi connectivity index (χ1n) is 9.10. The van der Waals surface area contributed by atoms with Crippen molar-refractivity contribution in [1.29, 1.82) is 0 Å². The highest BCUT2D eigenvalue weighted by Gasteiger charge is 2.23. The van der Waals surface area contributed by atoms with Crippen molar-refractivity contribution in [2.24, 2.45) is 5.73 Å². The van der Waals surface area contributed by atoms with Crippen LogP contribution in [0, 0.1) is 6.92 Å². The van der Waals surface area contributed by atoms with Crippen molar-refractivity contribution in [3.63, 3.8) is 0 Å². The molecule has 2 heterocycles. The van der Waals surface area contributed by atoms with Gasteiger partial charge in [-0.2, -0.15) is 0 Å². The number of carbonyl (C=O) groups excluding carboxylic acids is 1. The van der Waals surface area contributed by atoms with E-state index in [1.165, 1.54) is 23.1 Å². The van der Waals surface area contributed by atoms with Crippen LogP contribution in [0.4, 0.5) is 0 Å². The topological polar surface area (TPSA) is 78.0 Å². The molecule has 0 bridgehead atoms. The van der Waals surface area contributed by atoms with Crippen LogP contribution in [0.15, 0.2) is 70.6 Å². The van der Waals surface area contributed by atoms with E-state index in [0.29, 0.717) is 21.1 Å². The minimum absolute atomic E-state index is 0.149. The molecule has 0 radical (unpaired) electrons. The van der Waals surface area contributed by atoms with Gasteiger partial charge in [0.2, 0.25) is 5.91 Å². The Bertz CT molecular complexity index is 1250. The summed E-state index contributed by atoms with van der Waals surface area (Å²) in [5, 5.41) is 0.545. The van der Waals surface area contributed by atoms with Gasteiger partial charge in [0.1, 0.15) is 4.83 Å². The molecule has 0 fully saturated rings. The van der Waals surface area contributed by atoms with Gasteiger partial charge in [-0.05, 0) is 31.5 Å². The summed E-state index contributed by atoms with van der Waals surface area (Å²) in [5.41, 5.74) is 7.90. The summed E-state index contributed by atoms with van der Waals surface area (Å²) in [6.07, 6.45) is 0. The normalized spacial score (nSPS) is 12.2. The lowest BCUT2D eigenvalue weighted by Gasteiger charge is -2.14. The Balaban J connectivity index is 2.04. The fraction of sp³-hybridized carbons (Fsp3) is 0.136. The first kappa shape index (κ1) is 19.4. The maximum Gasteiger partial charge on any atom is 0.268 e. The van der Waals surface area contributed by atoms with Gasteiger partial charge in [0.15, 0.2) is 5.16 Å². The second-order valence-corrected chi connectivity index (χ2v) is 9.12. The van der Waals surface area contributed by atoms with Crippen LogP contribution in [0.1, 0.15) is 11.8 Å². The molecule has 29 heavy (non-hydrogen) atoms. The molecular formula is C22H19N3O2S2. The molecule has 0 saturated carbocycles. The summed E-state index contributed by atoms with van der Waals surface area (Å²) >= 11 is 2.68. The number of primary amides is 1. The number of aryl methyl sites for hydroxylation is 1. The summed E-state index contributed by atoms with van der Waals surface area (Å²) in [7, 11) is 0. The van der Waals surface area contributed by atoms with Gasteiger partial charge in [-0.3, -0.25) is 14.2 Å². The molecule has 0 aliphatic carbocycles. The summed E-state index contributed by atoms with van der Waals surface area (Å²) in [6.45, 7) is 3.72. The van der Waals surface area contributed by atoms with Gasteiger partial charge in [0, 0.05) is 10.4 Å². The number of nitrogens with zero attached hydrogens (tertiary/aromatic N) is 2. The first-order valence-corrected chi connectivity index (χ1v) is 10.8. The minimum atomic E-state index is -0.510. The molecule has 0 aliphatic rings. The Hall–Kier alpha value is -2.90. The van der Waals surface area contributed by atoms with Crippen LogP contribution in [-0.2, 0) is 4.79 Å². The number of thioether (sulfide) groups is 1. The number of hydrogen-bond acceptors (Lipinski definition) is 5. The van der Waals surface area contributed by atoms with E-state index in [1.54, 1.807) is 11.5 Å². The highest BCUT2D eigenvalue weighted by Crippen LogP contribution is 2.37. The zero-order valence-corrected chi connectivity index (χ0v) is 17.6. The van der Waals surface area contributed by atoms with E-state index >= 15 is 0 Å². The van der Waals surface area contributed by atoms with Crippen molar-refractivity contribution in [3.05, 3.63) is 75.9 Å². The van der Waals surface area contributed by atoms with Crippen molar-refractivity contribution in [2.75, 3.05) is 0 Å². The number of nitrogens with two attached hydrogens (primary N) is 1. The minimum Gasteiger partial charge on any atom is -0.369 e. The Kier molecular flexibility index (Phi) is 5.25. The van der Waals surface area contributed by atoms with Gasteiger partial charge in [0.25, 0.3) is 5.56 Å². The molecule has 2 aromatic carbocycles. The fourth-order valence-corrected chi connectivity index (χ4v) is 5.16. The van der Waals surface area contributed by atoms with Crippen LogP contribution < -0.4 is 11.3 Å². The van der Waals surface area contributed by atoms with Gasteiger partial charge >= 0.3 is 0 Å². The van der Waals surface area contributed by atoms with E-state index < -0.39 is 11.2 Å². The lowest BCUT2D eigenvalue weighted by atomic mass is 10.0. The van der Waals surface area contributed by atoms with Crippen molar-refractivity contribution in [1.82, 2.24) is 9.55 Å². The lowest BCUT2D eigenvalue weighted by Crippen LogP contribution is -2.26. The SMILES string of the molecule is Cc1sc2nc(SC(C)C(N)=O)n(-c3ccccc3)c(=O)c2c1-c1ccccc1. The third-order valence-electron chi connectivity index (χ3n) is 4.63. The zero-order chi connectivity index (χ0) is 20.5. The van der Waals surface area contributed by atoms with Gasteiger partial charge in [0.05, 0.1) is 16.3 Å². The number of thiophene rings is 1. The molecule has 0 saturated heterocycles. The average Bonchev–Trinajstić information content (AvgIpc) is 3.05. The van der Waals surface area contributed by atoms with Crippen molar-refractivity contribution in [3.8, 4) is 16.8 Å². The standard InChI is InChI=1S/C22H19N3O2S2/c1-13-17(15-9-5-3-6-10-15)18-20(28-13)24-22(29-14(2)19(23)26)25(21(18)27)16-11-7-4-8-12-16/h3-12,14H,1-2H3,(H2,23,26). The van der Waals surface area contributed by atoms with Crippen LogP contribution >= 0.6 is 23.1 Å².